The molecule has 120 valence electrons. The average Bonchev–Trinajstić information content (AvgIpc) is 2.56. The smallest absolute Gasteiger partial charge is 0.248 e. The number of carbonyl (C=O) groups is 1. The van der Waals surface area contributed by atoms with Crippen molar-refractivity contribution < 1.29 is 14.3 Å². The molecule has 2 saturated heterocycles. The van der Waals surface area contributed by atoms with E-state index in [1.807, 2.05) is 4.90 Å². The van der Waals surface area contributed by atoms with Gasteiger partial charge in [0.05, 0.1) is 25.9 Å². The molecule has 22 heavy (non-hydrogen) atoms. The summed E-state index contributed by atoms with van der Waals surface area (Å²) < 4.78 is 11.1. The van der Waals surface area contributed by atoms with E-state index in [0.29, 0.717) is 19.7 Å². The number of amides is 1. The predicted molar refractivity (Wildman–Crippen MR) is 80.6 cm³/mol. The lowest BCUT2D eigenvalue weighted by Gasteiger charge is -2.48. The molecule has 1 amide bonds. The fourth-order valence-corrected chi connectivity index (χ4v) is 3.27. The zero-order chi connectivity index (χ0) is 15.4. The number of ether oxygens (including phenoxy) is 2. The Bertz CT molecular complexity index is 509. The van der Waals surface area contributed by atoms with Crippen LogP contribution in [-0.4, -0.2) is 72.9 Å². The molecule has 1 atom stereocenters. The van der Waals surface area contributed by atoms with Crippen LogP contribution < -0.4 is 4.90 Å². The number of anilines is 1. The van der Waals surface area contributed by atoms with E-state index in [1.165, 1.54) is 0 Å². The van der Waals surface area contributed by atoms with Gasteiger partial charge in [-0.05, 0) is 12.8 Å². The van der Waals surface area contributed by atoms with E-state index in [0.717, 1.165) is 31.7 Å². The van der Waals surface area contributed by atoms with Gasteiger partial charge < -0.3 is 19.3 Å². The van der Waals surface area contributed by atoms with Crippen molar-refractivity contribution in [2.75, 3.05) is 51.4 Å². The summed E-state index contributed by atoms with van der Waals surface area (Å²) in [6, 6.07) is 0. The Morgan fingerprint density at radius 3 is 3.09 bits per heavy atom. The van der Waals surface area contributed by atoms with E-state index in [1.54, 1.807) is 25.7 Å². The molecule has 1 aromatic heterocycles. The quantitative estimate of drug-likeness (QED) is 0.801. The van der Waals surface area contributed by atoms with Gasteiger partial charge in [0.25, 0.3) is 0 Å². The predicted octanol–water partition coefficient (Wildman–Crippen LogP) is 0.321. The number of nitrogens with zero attached hydrogens (tertiary/aromatic N) is 4. The number of carbonyl (C=O) groups excluding carboxylic acids is 1. The molecule has 1 spiro atoms. The van der Waals surface area contributed by atoms with E-state index in [9.17, 15) is 4.79 Å². The highest BCUT2D eigenvalue weighted by atomic mass is 16.5. The summed E-state index contributed by atoms with van der Waals surface area (Å²) in [5.74, 6) is 0.896. The van der Waals surface area contributed by atoms with Crippen molar-refractivity contribution in [3.8, 4) is 0 Å². The highest BCUT2D eigenvalue weighted by molar-refractivity contribution is 5.77. The molecular formula is C15H22N4O3. The van der Waals surface area contributed by atoms with Gasteiger partial charge in [0.1, 0.15) is 18.0 Å². The van der Waals surface area contributed by atoms with Crippen molar-refractivity contribution in [3.05, 3.63) is 18.6 Å². The maximum absolute atomic E-state index is 12.1. The molecule has 0 aromatic carbocycles. The van der Waals surface area contributed by atoms with Gasteiger partial charge in [-0.15, -0.1) is 0 Å². The summed E-state index contributed by atoms with van der Waals surface area (Å²) in [5, 5.41) is 0. The minimum atomic E-state index is -0.308. The molecule has 7 heteroatoms. The Balaban J connectivity index is 1.71. The molecular weight excluding hydrogens is 284 g/mol. The summed E-state index contributed by atoms with van der Waals surface area (Å²) in [4.78, 5) is 24.6. The SMILES string of the molecule is COCC(=O)N1CCO[C@@]2(CCCN(c3cnccn3)C2)C1. The van der Waals surface area contributed by atoms with Crippen molar-refractivity contribution in [1.29, 1.82) is 0 Å². The van der Waals surface area contributed by atoms with Crippen LogP contribution in [0.4, 0.5) is 5.82 Å². The minimum Gasteiger partial charge on any atom is -0.375 e. The highest BCUT2D eigenvalue weighted by Crippen LogP contribution is 2.30. The van der Waals surface area contributed by atoms with Crippen molar-refractivity contribution in [2.45, 2.75) is 18.4 Å². The second-order valence-corrected chi connectivity index (χ2v) is 5.87. The third kappa shape index (κ3) is 3.20. The van der Waals surface area contributed by atoms with Crippen molar-refractivity contribution in [1.82, 2.24) is 14.9 Å². The van der Waals surface area contributed by atoms with Gasteiger partial charge in [0.2, 0.25) is 5.91 Å². The average molecular weight is 306 g/mol. The zero-order valence-corrected chi connectivity index (χ0v) is 12.9. The Labute approximate surface area is 130 Å². The van der Waals surface area contributed by atoms with Crippen molar-refractivity contribution in [3.63, 3.8) is 0 Å². The molecule has 7 nitrogen and oxygen atoms in total. The molecule has 2 fully saturated rings. The first-order valence-corrected chi connectivity index (χ1v) is 7.64. The maximum Gasteiger partial charge on any atom is 0.248 e. The van der Waals surface area contributed by atoms with E-state index in [-0.39, 0.29) is 18.1 Å². The van der Waals surface area contributed by atoms with Gasteiger partial charge in [-0.1, -0.05) is 0 Å². The van der Waals surface area contributed by atoms with Crippen LogP contribution in [0.2, 0.25) is 0 Å². The second kappa shape index (κ2) is 6.58. The molecule has 2 aliphatic rings. The Morgan fingerprint density at radius 1 is 1.41 bits per heavy atom. The lowest BCUT2D eigenvalue weighted by molar-refractivity contribution is -0.155. The summed E-state index contributed by atoms with van der Waals surface area (Å²) in [7, 11) is 1.55. The number of hydrogen-bond donors (Lipinski definition) is 0. The molecule has 0 N–H and O–H groups in total. The first-order valence-electron chi connectivity index (χ1n) is 7.64. The lowest BCUT2D eigenvalue weighted by Crippen LogP contribution is -2.61. The third-order valence-corrected chi connectivity index (χ3v) is 4.28. The maximum atomic E-state index is 12.1. The van der Waals surface area contributed by atoms with Crippen LogP contribution in [0, 0.1) is 0 Å². The first kappa shape index (κ1) is 15.2. The lowest BCUT2D eigenvalue weighted by atomic mass is 9.90. The normalized spacial score (nSPS) is 25.5. The van der Waals surface area contributed by atoms with Crippen LogP contribution in [0.1, 0.15) is 12.8 Å². The standard InChI is InChI=1S/C15H22N4O3/c1-21-10-14(20)19-7-8-22-15(12-19)3-2-6-18(11-15)13-9-16-4-5-17-13/h4-5,9H,2-3,6-8,10-12H2,1H3/t15-/m1/s1. The highest BCUT2D eigenvalue weighted by Gasteiger charge is 2.42. The van der Waals surface area contributed by atoms with Gasteiger partial charge in [0, 0.05) is 32.6 Å². The Hall–Kier alpha value is -1.73. The van der Waals surface area contributed by atoms with Crippen LogP contribution in [0.25, 0.3) is 0 Å². The fourth-order valence-electron chi connectivity index (χ4n) is 3.27. The number of aromatic nitrogens is 2. The van der Waals surface area contributed by atoms with Gasteiger partial charge in [-0.2, -0.15) is 0 Å². The largest absolute Gasteiger partial charge is 0.375 e. The molecule has 2 aliphatic heterocycles. The number of piperidine rings is 1. The van der Waals surface area contributed by atoms with Crippen LogP contribution in [0.3, 0.4) is 0 Å². The molecule has 0 radical (unpaired) electrons. The molecule has 0 unspecified atom stereocenters. The van der Waals surface area contributed by atoms with Gasteiger partial charge in [0.15, 0.2) is 0 Å². The summed E-state index contributed by atoms with van der Waals surface area (Å²) >= 11 is 0. The van der Waals surface area contributed by atoms with Crippen LogP contribution in [0.5, 0.6) is 0 Å². The number of rotatable bonds is 3. The zero-order valence-electron chi connectivity index (χ0n) is 12.9. The summed E-state index contributed by atoms with van der Waals surface area (Å²) in [6.45, 7) is 3.63. The Morgan fingerprint density at radius 2 is 2.32 bits per heavy atom. The summed E-state index contributed by atoms with van der Waals surface area (Å²) in [6.07, 6.45) is 7.12. The molecule has 1 aromatic rings. The minimum absolute atomic E-state index is 0.0294. The number of hydrogen-bond acceptors (Lipinski definition) is 6. The molecule has 0 aliphatic carbocycles. The topological polar surface area (TPSA) is 67.8 Å². The monoisotopic (exact) mass is 306 g/mol. The van der Waals surface area contributed by atoms with Crippen LogP contribution in [-0.2, 0) is 14.3 Å². The number of methoxy groups -OCH3 is 1. The molecule has 3 heterocycles. The second-order valence-electron chi connectivity index (χ2n) is 5.87. The van der Waals surface area contributed by atoms with Crippen LogP contribution >= 0.6 is 0 Å². The van der Waals surface area contributed by atoms with E-state index in [4.69, 9.17) is 9.47 Å². The number of morpholine rings is 1. The third-order valence-electron chi connectivity index (χ3n) is 4.28. The van der Waals surface area contributed by atoms with Crippen molar-refractivity contribution >= 4 is 11.7 Å². The fraction of sp³-hybridized carbons (Fsp3) is 0.667. The van der Waals surface area contributed by atoms with Gasteiger partial charge in [-0.3, -0.25) is 9.78 Å². The van der Waals surface area contributed by atoms with E-state index in [2.05, 4.69) is 14.9 Å². The van der Waals surface area contributed by atoms with Gasteiger partial charge in [-0.25, -0.2) is 4.98 Å². The molecule has 0 saturated carbocycles. The van der Waals surface area contributed by atoms with E-state index >= 15 is 0 Å². The van der Waals surface area contributed by atoms with Crippen molar-refractivity contribution in [2.24, 2.45) is 0 Å². The van der Waals surface area contributed by atoms with E-state index < -0.39 is 0 Å². The van der Waals surface area contributed by atoms with Crippen LogP contribution in [0.15, 0.2) is 18.6 Å². The molecule has 0 bridgehead atoms. The van der Waals surface area contributed by atoms with Gasteiger partial charge >= 0.3 is 0 Å². The Kier molecular flexibility index (Phi) is 4.54. The molecule has 3 rings (SSSR count). The first-order chi connectivity index (χ1) is 10.7. The summed E-state index contributed by atoms with van der Waals surface area (Å²) in [5.41, 5.74) is -0.308.